The van der Waals surface area contributed by atoms with E-state index in [2.05, 4.69) is 0 Å². The molecular weight excluding hydrogens is 347 g/mol. The summed E-state index contributed by atoms with van der Waals surface area (Å²) in [4.78, 5) is 40.4. The van der Waals surface area contributed by atoms with Crippen LogP contribution in [0.15, 0.2) is 35.1 Å². The number of likely N-dealkylation sites (tertiary alicyclic amines) is 1. The fourth-order valence-corrected chi connectivity index (χ4v) is 3.98. The minimum atomic E-state index is -0.439. The van der Waals surface area contributed by atoms with Gasteiger partial charge in [-0.2, -0.15) is 0 Å². The van der Waals surface area contributed by atoms with Crippen molar-refractivity contribution < 1.29 is 14.0 Å². The number of ketones is 1. The SMILES string of the molecule is O=C1CCCc2c1cc(C(=O)N1CCCCC1)c(=O)n2-c1ccc(F)cc1. The molecule has 0 radical (unpaired) electrons. The highest BCUT2D eigenvalue weighted by molar-refractivity contribution is 6.02. The Bertz CT molecular complexity index is 957. The van der Waals surface area contributed by atoms with Crippen molar-refractivity contribution in [2.45, 2.75) is 38.5 Å². The molecule has 1 aromatic carbocycles. The molecule has 1 aliphatic heterocycles. The highest BCUT2D eigenvalue weighted by Crippen LogP contribution is 2.24. The number of Topliss-reactive ketones (excluding diaryl/α,β-unsaturated/α-hetero) is 1. The molecule has 27 heavy (non-hydrogen) atoms. The molecule has 5 nitrogen and oxygen atoms in total. The lowest BCUT2D eigenvalue weighted by Crippen LogP contribution is -2.40. The quantitative estimate of drug-likeness (QED) is 0.818. The maximum Gasteiger partial charge on any atom is 0.268 e. The number of nitrogens with zero attached hydrogens (tertiary/aromatic N) is 2. The molecular formula is C21H21FN2O3. The molecule has 2 aliphatic rings. The minimum absolute atomic E-state index is 0.0234. The molecule has 1 amide bonds. The topological polar surface area (TPSA) is 59.4 Å². The van der Waals surface area contributed by atoms with Gasteiger partial charge in [0.25, 0.3) is 11.5 Å². The van der Waals surface area contributed by atoms with E-state index < -0.39 is 11.4 Å². The van der Waals surface area contributed by atoms with Crippen molar-refractivity contribution in [3.8, 4) is 5.69 Å². The first-order chi connectivity index (χ1) is 13.1. The Hall–Kier alpha value is -2.76. The molecule has 6 heteroatoms. The summed E-state index contributed by atoms with van der Waals surface area (Å²) in [5.74, 6) is -0.783. The summed E-state index contributed by atoms with van der Waals surface area (Å²) in [5, 5.41) is 0. The number of carbonyl (C=O) groups excluding carboxylic acids is 2. The number of piperidine rings is 1. The highest BCUT2D eigenvalue weighted by Gasteiger charge is 2.28. The van der Waals surface area contributed by atoms with Gasteiger partial charge in [-0.25, -0.2) is 4.39 Å². The van der Waals surface area contributed by atoms with Crippen LogP contribution in [-0.2, 0) is 6.42 Å². The zero-order valence-electron chi connectivity index (χ0n) is 15.0. The molecule has 1 fully saturated rings. The zero-order valence-corrected chi connectivity index (χ0v) is 15.0. The number of halogens is 1. The van der Waals surface area contributed by atoms with Crippen LogP contribution < -0.4 is 5.56 Å². The highest BCUT2D eigenvalue weighted by atomic mass is 19.1. The van der Waals surface area contributed by atoms with Crippen LogP contribution in [0.2, 0.25) is 0 Å². The average molecular weight is 368 g/mol. The summed E-state index contributed by atoms with van der Waals surface area (Å²) in [6.07, 6.45) is 4.56. The number of fused-ring (bicyclic) bond motifs is 1. The first-order valence-electron chi connectivity index (χ1n) is 9.43. The number of hydrogen-bond acceptors (Lipinski definition) is 3. The van der Waals surface area contributed by atoms with Crippen LogP contribution in [-0.4, -0.2) is 34.2 Å². The third-order valence-electron chi connectivity index (χ3n) is 5.38. The minimum Gasteiger partial charge on any atom is -0.338 e. The Kier molecular flexibility index (Phi) is 4.64. The van der Waals surface area contributed by atoms with E-state index in [1.807, 2.05) is 0 Å². The maximum atomic E-state index is 13.4. The summed E-state index contributed by atoms with van der Waals surface area (Å²) in [5.41, 5.74) is 1.10. The number of carbonyl (C=O) groups is 2. The predicted molar refractivity (Wildman–Crippen MR) is 99.0 cm³/mol. The number of hydrogen-bond donors (Lipinski definition) is 0. The second kappa shape index (κ2) is 7.10. The number of benzene rings is 1. The molecule has 1 aliphatic carbocycles. The Morgan fingerprint density at radius 3 is 2.33 bits per heavy atom. The molecule has 1 saturated heterocycles. The monoisotopic (exact) mass is 368 g/mol. The van der Waals surface area contributed by atoms with Crippen molar-refractivity contribution in [2.75, 3.05) is 13.1 Å². The van der Waals surface area contributed by atoms with Crippen molar-refractivity contribution in [2.24, 2.45) is 0 Å². The van der Waals surface area contributed by atoms with Crippen LogP contribution in [0.1, 0.15) is 58.5 Å². The molecule has 2 heterocycles. The van der Waals surface area contributed by atoms with E-state index in [-0.39, 0.29) is 17.3 Å². The first kappa shape index (κ1) is 17.6. The van der Waals surface area contributed by atoms with Gasteiger partial charge in [-0.1, -0.05) is 0 Å². The molecule has 0 unspecified atom stereocenters. The van der Waals surface area contributed by atoms with E-state index in [4.69, 9.17) is 0 Å². The number of amides is 1. The molecule has 0 saturated carbocycles. The summed E-state index contributed by atoms with van der Waals surface area (Å²) in [6.45, 7) is 1.25. The molecule has 1 aromatic heterocycles. The fourth-order valence-electron chi connectivity index (χ4n) is 3.98. The van der Waals surface area contributed by atoms with E-state index >= 15 is 0 Å². The van der Waals surface area contributed by atoms with Crippen molar-refractivity contribution in [1.29, 1.82) is 0 Å². The van der Waals surface area contributed by atoms with Gasteiger partial charge in [-0.15, -0.1) is 0 Å². The molecule has 4 rings (SSSR count). The summed E-state index contributed by atoms with van der Waals surface area (Å²) < 4.78 is 14.8. The van der Waals surface area contributed by atoms with Gasteiger partial charge in [0.05, 0.1) is 0 Å². The van der Waals surface area contributed by atoms with E-state index in [0.717, 1.165) is 19.3 Å². The van der Waals surface area contributed by atoms with Crippen LogP contribution in [0, 0.1) is 5.82 Å². The molecule has 0 atom stereocenters. The van der Waals surface area contributed by atoms with Crippen molar-refractivity contribution in [3.05, 3.63) is 63.3 Å². The van der Waals surface area contributed by atoms with Gasteiger partial charge >= 0.3 is 0 Å². The van der Waals surface area contributed by atoms with Crippen LogP contribution in [0.4, 0.5) is 4.39 Å². The largest absolute Gasteiger partial charge is 0.338 e. The molecule has 0 spiro atoms. The molecule has 2 aromatic rings. The fraction of sp³-hybridized carbons (Fsp3) is 0.381. The van der Waals surface area contributed by atoms with Crippen molar-refractivity contribution in [1.82, 2.24) is 9.47 Å². The first-order valence-corrected chi connectivity index (χ1v) is 9.43. The maximum absolute atomic E-state index is 13.4. The van der Waals surface area contributed by atoms with Crippen LogP contribution in [0.3, 0.4) is 0 Å². The van der Waals surface area contributed by atoms with Crippen molar-refractivity contribution >= 4 is 11.7 Å². The lowest BCUT2D eigenvalue weighted by molar-refractivity contribution is 0.0722. The zero-order chi connectivity index (χ0) is 19.0. The van der Waals surface area contributed by atoms with E-state index in [1.54, 1.807) is 4.90 Å². The van der Waals surface area contributed by atoms with Gasteiger partial charge in [0.15, 0.2) is 5.78 Å². The van der Waals surface area contributed by atoms with Gasteiger partial charge < -0.3 is 4.90 Å². The van der Waals surface area contributed by atoms with Gasteiger partial charge in [0.1, 0.15) is 11.4 Å². The van der Waals surface area contributed by atoms with Gasteiger partial charge in [0, 0.05) is 36.5 Å². The molecule has 140 valence electrons. The average Bonchev–Trinajstić information content (AvgIpc) is 2.69. The molecule has 0 bridgehead atoms. The van der Waals surface area contributed by atoms with E-state index in [1.165, 1.54) is 34.9 Å². The Balaban J connectivity index is 1.90. The van der Waals surface area contributed by atoms with Crippen LogP contribution in [0.5, 0.6) is 0 Å². The lowest BCUT2D eigenvalue weighted by atomic mass is 9.92. The Morgan fingerprint density at radius 1 is 0.926 bits per heavy atom. The predicted octanol–water partition coefficient (Wildman–Crippen LogP) is 3.12. The summed E-state index contributed by atoms with van der Waals surface area (Å²) in [7, 11) is 0. The standard InChI is InChI=1S/C21H21FN2O3/c22-14-7-9-15(10-8-14)24-18-5-4-6-19(25)16(18)13-17(21(24)27)20(26)23-11-2-1-3-12-23/h7-10,13H,1-6,11-12H2. The van der Waals surface area contributed by atoms with Gasteiger partial charge in [0.2, 0.25) is 0 Å². The number of rotatable bonds is 2. The Labute approximate surface area is 156 Å². The second-order valence-corrected chi connectivity index (χ2v) is 7.16. The Morgan fingerprint density at radius 2 is 1.63 bits per heavy atom. The number of aromatic nitrogens is 1. The second-order valence-electron chi connectivity index (χ2n) is 7.16. The molecule has 0 N–H and O–H groups in total. The van der Waals surface area contributed by atoms with Gasteiger partial charge in [-0.3, -0.25) is 19.0 Å². The lowest BCUT2D eigenvalue weighted by Gasteiger charge is -2.28. The summed E-state index contributed by atoms with van der Waals surface area (Å²) >= 11 is 0. The normalized spacial score (nSPS) is 16.9. The smallest absolute Gasteiger partial charge is 0.268 e. The summed E-state index contributed by atoms with van der Waals surface area (Å²) in [6, 6.07) is 7.04. The third kappa shape index (κ3) is 3.20. The van der Waals surface area contributed by atoms with Crippen LogP contribution in [0.25, 0.3) is 5.69 Å². The van der Waals surface area contributed by atoms with Crippen LogP contribution >= 0.6 is 0 Å². The van der Waals surface area contributed by atoms with E-state index in [9.17, 15) is 18.8 Å². The number of pyridine rings is 1. The van der Waals surface area contributed by atoms with Crippen molar-refractivity contribution in [3.63, 3.8) is 0 Å². The third-order valence-corrected chi connectivity index (χ3v) is 5.38. The van der Waals surface area contributed by atoms with Gasteiger partial charge in [-0.05, 0) is 62.4 Å². The van der Waals surface area contributed by atoms with E-state index in [0.29, 0.717) is 49.3 Å².